The number of carbonyl (C=O) groups excluding carboxylic acids is 3. The van der Waals surface area contributed by atoms with Crippen molar-refractivity contribution in [1.29, 1.82) is 0 Å². The van der Waals surface area contributed by atoms with Gasteiger partial charge in [-0.3, -0.25) is 9.59 Å². The topological polar surface area (TPSA) is 88.7 Å². The molecule has 2 aromatic rings. The number of H-pyrrole nitrogens is 1. The van der Waals surface area contributed by atoms with Gasteiger partial charge in [-0.1, -0.05) is 6.07 Å². The van der Waals surface area contributed by atoms with Gasteiger partial charge in [-0.25, -0.2) is 4.79 Å². The summed E-state index contributed by atoms with van der Waals surface area (Å²) in [6, 6.07) is 2.87. The fourth-order valence-electron chi connectivity index (χ4n) is 3.74. The number of carbonyl (C=O) groups is 3. The number of nitrogens with zero attached hydrogens (tertiary/aromatic N) is 1. The molecule has 1 N–H and O–H groups in total. The van der Waals surface area contributed by atoms with Gasteiger partial charge in [0.15, 0.2) is 5.78 Å². The quantitative estimate of drug-likeness (QED) is 0.550. The Morgan fingerprint density at radius 1 is 1.38 bits per heavy atom. The Balaban J connectivity index is 1.91. The lowest BCUT2D eigenvalue weighted by Crippen LogP contribution is -2.47. The number of aryl methyl sites for hydroxylation is 1. The van der Waals surface area contributed by atoms with Gasteiger partial charge in [-0.2, -0.15) is 0 Å². The molecule has 0 bridgehead atoms. The van der Waals surface area contributed by atoms with Crippen molar-refractivity contribution in [2.24, 2.45) is 0 Å². The number of Topliss-reactive ketones (excluding diaryl/α,β-unsaturated/α-hetero) is 1. The predicted molar refractivity (Wildman–Crippen MR) is 110 cm³/mol. The molecule has 0 saturated carbocycles. The zero-order valence-electron chi connectivity index (χ0n) is 17.1. The van der Waals surface area contributed by atoms with Crippen LogP contribution in [0.15, 0.2) is 17.5 Å². The summed E-state index contributed by atoms with van der Waals surface area (Å²) in [6.45, 7) is 6.21. The molecule has 3 heterocycles. The first kappa shape index (κ1) is 21.3. The molecule has 2 aromatic heterocycles. The maximum atomic E-state index is 13.4. The number of aromatic nitrogens is 1. The van der Waals surface area contributed by atoms with Crippen molar-refractivity contribution in [3.63, 3.8) is 0 Å². The molecule has 0 aromatic carbocycles. The number of nitrogens with one attached hydrogen (secondary N) is 1. The summed E-state index contributed by atoms with van der Waals surface area (Å²) in [5.74, 6) is -0.923. The van der Waals surface area contributed by atoms with Gasteiger partial charge >= 0.3 is 5.97 Å². The Bertz CT molecular complexity index is 897. The highest BCUT2D eigenvalue weighted by molar-refractivity contribution is 7.12. The molecule has 2 unspecified atom stereocenters. The van der Waals surface area contributed by atoms with Crippen molar-refractivity contribution >= 4 is 29.0 Å². The van der Waals surface area contributed by atoms with Crippen molar-refractivity contribution in [3.8, 4) is 0 Å². The average Bonchev–Trinajstić information content (AvgIpc) is 3.46. The number of amides is 1. The molecule has 1 aliphatic rings. The van der Waals surface area contributed by atoms with Crippen LogP contribution in [0.2, 0.25) is 0 Å². The molecule has 1 fully saturated rings. The minimum Gasteiger partial charge on any atom is -0.464 e. The Morgan fingerprint density at radius 2 is 2.14 bits per heavy atom. The zero-order chi connectivity index (χ0) is 21.1. The van der Waals surface area contributed by atoms with E-state index in [2.05, 4.69) is 4.98 Å². The summed E-state index contributed by atoms with van der Waals surface area (Å²) in [6.07, 6.45) is 1.74. The van der Waals surface area contributed by atoms with Gasteiger partial charge < -0.3 is 19.4 Å². The lowest BCUT2D eigenvalue weighted by molar-refractivity contribution is 0.0413. The number of thiophene rings is 1. The van der Waals surface area contributed by atoms with Crippen LogP contribution in [0.1, 0.15) is 61.5 Å². The number of esters is 1. The van der Waals surface area contributed by atoms with Crippen LogP contribution < -0.4 is 0 Å². The average molecular weight is 419 g/mol. The Kier molecular flexibility index (Phi) is 6.54. The highest BCUT2D eigenvalue weighted by atomic mass is 32.1. The molecule has 2 atom stereocenters. The van der Waals surface area contributed by atoms with Crippen LogP contribution in [-0.2, 0) is 9.47 Å². The van der Waals surface area contributed by atoms with Crippen molar-refractivity contribution in [2.45, 2.75) is 45.8 Å². The molecule has 1 amide bonds. The monoisotopic (exact) mass is 418 g/mol. The van der Waals surface area contributed by atoms with E-state index < -0.39 is 12.0 Å². The zero-order valence-corrected chi connectivity index (χ0v) is 17.9. The number of ketones is 1. The van der Waals surface area contributed by atoms with E-state index in [0.29, 0.717) is 34.8 Å². The normalized spacial score (nSPS) is 17.2. The van der Waals surface area contributed by atoms with Gasteiger partial charge in [0.05, 0.1) is 24.1 Å². The van der Waals surface area contributed by atoms with Crippen molar-refractivity contribution < 1.29 is 23.9 Å². The highest BCUT2D eigenvalue weighted by Crippen LogP contribution is 2.25. The maximum Gasteiger partial charge on any atom is 0.354 e. The number of methoxy groups -OCH3 is 1. The summed E-state index contributed by atoms with van der Waals surface area (Å²) < 4.78 is 10.5. The second-order valence-electron chi connectivity index (χ2n) is 7.23. The molecule has 1 aliphatic heterocycles. The van der Waals surface area contributed by atoms with Crippen LogP contribution >= 0.6 is 11.3 Å². The van der Waals surface area contributed by atoms with Crippen LogP contribution in [0, 0.1) is 13.8 Å². The van der Waals surface area contributed by atoms with Crippen LogP contribution in [-0.4, -0.2) is 60.0 Å². The molecule has 0 radical (unpaired) electrons. The second kappa shape index (κ2) is 8.92. The van der Waals surface area contributed by atoms with Crippen LogP contribution in [0.4, 0.5) is 0 Å². The first-order chi connectivity index (χ1) is 13.8. The number of hydrogen-bond acceptors (Lipinski definition) is 6. The third-order valence-corrected chi connectivity index (χ3v) is 6.20. The van der Waals surface area contributed by atoms with Gasteiger partial charge in [0, 0.05) is 24.4 Å². The molecular weight excluding hydrogens is 392 g/mol. The fraction of sp³-hybridized carbons (Fsp3) is 0.476. The molecule has 7 nitrogen and oxygen atoms in total. The molecule has 0 aliphatic carbocycles. The standard InChI is InChI=1S/C21H26N2O5S/c1-12-17(13(2)22-18(12)21(26)27-4)19(24)14(3)23(11-15-7-5-9-28-15)20(25)16-8-6-10-29-16/h6,8,10,14-15,22H,5,7,9,11H2,1-4H3. The minimum absolute atomic E-state index is 0.0757. The molecule has 156 valence electrons. The summed E-state index contributed by atoms with van der Waals surface area (Å²) in [5, 5.41) is 1.84. The molecule has 0 spiro atoms. The lowest BCUT2D eigenvalue weighted by atomic mass is 9.99. The maximum absolute atomic E-state index is 13.4. The first-order valence-corrected chi connectivity index (χ1v) is 10.5. The Morgan fingerprint density at radius 3 is 2.72 bits per heavy atom. The van der Waals surface area contributed by atoms with E-state index in [1.54, 1.807) is 31.7 Å². The van der Waals surface area contributed by atoms with Gasteiger partial charge in [-0.15, -0.1) is 11.3 Å². The fourth-order valence-corrected chi connectivity index (χ4v) is 4.42. The van der Waals surface area contributed by atoms with Gasteiger partial charge in [0.1, 0.15) is 5.69 Å². The van der Waals surface area contributed by atoms with E-state index >= 15 is 0 Å². The molecule has 29 heavy (non-hydrogen) atoms. The molecule has 8 heteroatoms. The van der Waals surface area contributed by atoms with E-state index in [4.69, 9.17) is 9.47 Å². The van der Waals surface area contributed by atoms with Crippen molar-refractivity contribution in [3.05, 3.63) is 44.9 Å². The molecule has 3 rings (SSSR count). The lowest BCUT2D eigenvalue weighted by Gasteiger charge is -2.30. The highest BCUT2D eigenvalue weighted by Gasteiger charge is 2.34. The summed E-state index contributed by atoms with van der Waals surface area (Å²) in [4.78, 5) is 43.6. The third-order valence-electron chi connectivity index (χ3n) is 5.34. The number of ether oxygens (including phenoxy) is 2. The second-order valence-corrected chi connectivity index (χ2v) is 8.17. The smallest absolute Gasteiger partial charge is 0.354 e. The third kappa shape index (κ3) is 4.28. The van der Waals surface area contributed by atoms with Gasteiger partial charge in [0.2, 0.25) is 0 Å². The summed E-state index contributed by atoms with van der Waals surface area (Å²) in [7, 11) is 1.30. The first-order valence-electron chi connectivity index (χ1n) is 9.62. The van der Waals surface area contributed by atoms with Gasteiger partial charge in [-0.05, 0) is 50.6 Å². The predicted octanol–water partition coefficient (Wildman–Crippen LogP) is 3.37. The van der Waals surface area contributed by atoms with E-state index in [0.717, 1.165) is 12.8 Å². The Labute approximate surface area is 174 Å². The van der Waals surface area contributed by atoms with Crippen LogP contribution in [0.3, 0.4) is 0 Å². The number of aromatic amines is 1. The number of rotatable bonds is 7. The van der Waals surface area contributed by atoms with E-state index in [9.17, 15) is 14.4 Å². The largest absolute Gasteiger partial charge is 0.464 e. The SMILES string of the molecule is COC(=O)c1[nH]c(C)c(C(=O)C(C)N(CC2CCCO2)C(=O)c2cccs2)c1C. The summed E-state index contributed by atoms with van der Waals surface area (Å²) >= 11 is 1.35. The van der Waals surface area contributed by atoms with Crippen molar-refractivity contribution in [2.75, 3.05) is 20.3 Å². The van der Waals surface area contributed by atoms with E-state index in [1.165, 1.54) is 18.4 Å². The van der Waals surface area contributed by atoms with Crippen LogP contribution in [0.5, 0.6) is 0 Å². The summed E-state index contributed by atoms with van der Waals surface area (Å²) in [5.41, 5.74) is 1.80. The number of hydrogen-bond donors (Lipinski definition) is 1. The molecule has 1 saturated heterocycles. The molecular formula is C21H26N2O5S. The van der Waals surface area contributed by atoms with Gasteiger partial charge in [0.25, 0.3) is 5.91 Å². The van der Waals surface area contributed by atoms with E-state index in [-0.39, 0.29) is 23.5 Å². The van der Waals surface area contributed by atoms with Crippen molar-refractivity contribution in [1.82, 2.24) is 9.88 Å². The van der Waals surface area contributed by atoms with Crippen LogP contribution in [0.25, 0.3) is 0 Å². The minimum atomic E-state index is -0.701. The Hall–Kier alpha value is -2.45. The van der Waals surface area contributed by atoms with E-state index in [1.807, 2.05) is 11.4 Å².